The van der Waals surface area contributed by atoms with Crippen molar-refractivity contribution in [3.63, 3.8) is 0 Å². The summed E-state index contributed by atoms with van der Waals surface area (Å²) >= 11 is 0. The van der Waals surface area contributed by atoms with E-state index in [4.69, 9.17) is 19.9 Å². The normalized spacial score (nSPS) is 22.8. The molecule has 2 aromatic carbocycles. The van der Waals surface area contributed by atoms with E-state index >= 15 is 0 Å². The number of anilines is 1. The zero-order valence-electron chi connectivity index (χ0n) is 21.7. The van der Waals surface area contributed by atoms with Gasteiger partial charge < -0.3 is 30.4 Å². The van der Waals surface area contributed by atoms with Crippen molar-refractivity contribution >= 4 is 21.8 Å². The highest BCUT2D eigenvalue weighted by atomic mass is 32.2. The number of hydrogen-bond acceptors (Lipinski definition) is 8. The molecule has 2 saturated heterocycles. The fourth-order valence-electron chi connectivity index (χ4n) is 4.82. The summed E-state index contributed by atoms with van der Waals surface area (Å²) < 4.78 is 44.9. The molecule has 4 rings (SSSR count). The molecule has 11 heteroatoms. The topological polar surface area (TPSA) is 140 Å². The molecule has 1 amide bonds. The molecule has 0 bridgehead atoms. The minimum absolute atomic E-state index is 0.000183. The van der Waals surface area contributed by atoms with Crippen molar-refractivity contribution in [3.05, 3.63) is 60.2 Å². The molecule has 2 aromatic rings. The molecule has 0 aromatic heterocycles. The van der Waals surface area contributed by atoms with Crippen LogP contribution in [0.5, 0.6) is 0 Å². The molecule has 2 fully saturated rings. The van der Waals surface area contributed by atoms with Gasteiger partial charge in [0.25, 0.3) is 0 Å². The SMILES string of the molecule is CC(C)CN(C[C@H](O)[C@H](Cc1ccccc1)NC(=O)OC1CO[C@H]2OCCC12)S(=O)(=O)c1ccc(N)cc1. The van der Waals surface area contributed by atoms with Gasteiger partial charge in [-0.1, -0.05) is 44.2 Å². The maximum Gasteiger partial charge on any atom is 0.407 e. The summed E-state index contributed by atoms with van der Waals surface area (Å²) in [6.07, 6.45) is -1.69. The predicted octanol–water partition coefficient (Wildman–Crippen LogP) is 2.38. The third-order valence-electron chi connectivity index (χ3n) is 6.79. The maximum atomic E-state index is 13.5. The number of nitrogen functional groups attached to an aromatic ring is 1. The van der Waals surface area contributed by atoms with E-state index in [1.165, 1.54) is 28.6 Å². The van der Waals surface area contributed by atoms with Gasteiger partial charge >= 0.3 is 6.09 Å². The summed E-state index contributed by atoms with van der Waals surface area (Å²) in [4.78, 5) is 13.0. The lowest BCUT2D eigenvalue weighted by atomic mass is 10.0. The third kappa shape index (κ3) is 7.03. The largest absolute Gasteiger partial charge is 0.443 e. The zero-order valence-corrected chi connectivity index (χ0v) is 22.5. The standard InChI is InChI=1S/C27H37N3O7S/c1-18(2)15-30(38(33,34)21-10-8-20(28)9-11-21)16-24(31)23(14-19-6-4-3-5-7-19)29-27(32)37-25-17-36-26-22(25)12-13-35-26/h3-11,18,22-26,31H,12-17,28H2,1-2H3,(H,29,32)/t22?,23-,24-,25?,26+/m0/s1. The third-order valence-corrected chi connectivity index (χ3v) is 8.63. The van der Waals surface area contributed by atoms with Gasteiger partial charge in [-0.3, -0.25) is 0 Å². The van der Waals surface area contributed by atoms with E-state index in [0.717, 1.165) is 12.0 Å². The van der Waals surface area contributed by atoms with Gasteiger partial charge in [-0.05, 0) is 48.6 Å². The Bertz CT molecular complexity index is 1160. The lowest BCUT2D eigenvalue weighted by molar-refractivity contribution is -0.0907. The number of nitrogens with zero attached hydrogens (tertiary/aromatic N) is 1. The fraction of sp³-hybridized carbons (Fsp3) is 0.519. The second-order valence-electron chi connectivity index (χ2n) is 10.3. The quantitative estimate of drug-likeness (QED) is 0.364. The van der Waals surface area contributed by atoms with Crippen LogP contribution in [0.3, 0.4) is 0 Å². The molecule has 208 valence electrons. The first kappa shape index (κ1) is 28.3. The maximum absolute atomic E-state index is 13.5. The van der Waals surface area contributed by atoms with E-state index in [9.17, 15) is 18.3 Å². The summed E-state index contributed by atoms with van der Waals surface area (Å²) in [5.74, 6) is -0.0231. The average molecular weight is 548 g/mol. The number of carbonyl (C=O) groups excluding carboxylic acids is 1. The predicted molar refractivity (Wildman–Crippen MR) is 142 cm³/mol. The first-order chi connectivity index (χ1) is 18.1. The molecule has 5 atom stereocenters. The molecule has 10 nitrogen and oxygen atoms in total. The molecule has 0 radical (unpaired) electrons. The van der Waals surface area contributed by atoms with E-state index in [1.807, 2.05) is 44.2 Å². The number of amides is 1. The Labute approximate surface area is 224 Å². The van der Waals surface area contributed by atoms with Crippen molar-refractivity contribution in [2.24, 2.45) is 11.8 Å². The molecule has 0 spiro atoms. The molecule has 2 unspecified atom stereocenters. The monoisotopic (exact) mass is 547 g/mol. The van der Waals surface area contributed by atoms with Crippen LogP contribution in [0.15, 0.2) is 59.5 Å². The molecule has 38 heavy (non-hydrogen) atoms. The van der Waals surface area contributed by atoms with Gasteiger partial charge in [0.15, 0.2) is 6.29 Å². The molecular weight excluding hydrogens is 510 g/mol. The first-order valence-corrected chi connectivity index (χ1v) is 14.4. The van der Waals surface area contributed by atoms with Gasteiger partial charge in [0.1, 0.15) is 6.10 Å². The number of nitrogens with two attached hydrogens (primary N) is 1. The number of ether oxygens (including phenoxy) is 3. The van der Waals surface area contributed by atoms with Gasteiger partial charge in [-0.2, -0.15) is 4.31 Å². The van der Waals surface area contributed by atoms with Crippen LogP contribution in [-0.4, -0.2) is 74.8 Å². The number of sulfonamides is 1. The van der Waals surface area contributed by atoms with Crippen LogP contribution in [0.1, 0.15) is 25.8 Å². The molecular formula is C27H37N3O7S. The van der Waals surface area contributed by atoms with Crippen LogP contribution in [0, 0.1) is 11.8 Å². The molecule has 4 N–H and O–H groups in total. The van der Waals surface area contributed by atoms with Crippen molar-refractivity contribution in [3.8, 4) is 0 Å². The number of carbonyl (C=O) groups is 1. The highest BCUT2D eigenvalue weighted by Gasteiger charge is 2.44. The number of aliphatic hydroxyl groups excluding tert-OH is 1. The van der Waals surface area contributed by atoms with Crippen LogP contribution >= 0.6 is 0 Å². The number of aliphatic hydroxyl groups is 1. The Morgan fingerprint density at radius 2 is 1.84 bits per heavy atom. The van der Waals surface area contributed by atoms with Gasteiger partial charge in [-0.15, -0.1) is 0 Å². The van der Waals surface area contributed by atoms with Gasteiger partial charge in [0.2, 0.25) is 10.0 Å². The lowest BCUT2D eigenvalue weighted by Gasteiger charge is -2.31. The lowest BCUT2D eigenvalue weighted by Crippen LogP contribution is -2.51. The van der Waals surface area contributed by atoms with Gasteiger partial charge in [0.05, 0.1) is 36.2 Å². The number of fused-ring (bicyclic) bond motifs is 1. The summed E-state index contributed by atoms with van der Waals surface area (Å²) in [6, 6.07) is 14.5. The van der Waals surface area contributed by atoms with E-state index in [2.05, 4.69) is 5.32 Å². The second kappa shape index (κ2) is 12.4. The Balaban J connectivity index is 1.51. The molecule has 2 heterocycles. The minimum Gasteiger partial charge on any atom is -0.443 e. The molecule has 0 saturated carbocycles. The summed E-state index contributed by atoms with van der Waals surface area (Å²) in [6.45, 7) is 4.58. The van der Waals surface area contributed by atoms with Gasteiger partial charge in [0, 0.05) is 18.8 Å². The zero-order chi connectivity index (χ0) is 27.3. The molecule has 2 aliphatic rings. The molecule has 2 aliphatic heterocycles. The highest BCUT2D eigenvalue weighted by Crippen LogP contribution is 2.33. The van der Waals surface area contributed by atoms with Crippen molar-refractivity contribution in [1.29, 1.82) is 0 Å². The fourth-order valence-corrected chi connectivity index (χ4v) is 6.45. The van der Waals surface area contributed by atoms with Crippen molar-refractivity contribution in [2.45, 2.75) is 56.1 Å². The molecule has 0 aliphatic carbocycles. The van der Waals surface area contributed by atoms with Crippen molar-refractivity contribution in [1.82, 2.24) is 9.62 Å². The van der Waals surface area contributed by atoms with Crippen LogP contribution in [-0.2, 0) is 30.7 Å². The Hall–Kier alpha value is -2.70. The number of rotatable bonds is 11. The van der Waals surface area contributed by atoms with Gasteiger partial charge in [-0.25, -0.2) is 13.2 Å². The summed E-state index contributed by atoms with van der Waals surface area (Å²) in [7, 11) is -3.93. The van der Waals surface area contributed by atoms with Crippen LogP contribution in [0.4, 0.5) is 10.5 Å². The number of nitrogens with one attached hydrogen (secondary N) is 1. The van der Waals surface area contributed by atoms with E-state index in [1.54, 1.807) is 0 Å². The van der Waals surface area contributed by atoms with E-state index in [-0.39, 0.29) is 49.1 Å². The average Bonchev–Trinajstić information content (AvgIpc) is 3.49. The van der Waals surface area contributed by atoms with Crippen LogP contribution < -0.4 is 11.1 Å². The number of alkyl carbamates (subject to hydrolysis) is 1. The first-order valence-electron chi connectivity index (χ1n) is 12.9. The Morgan fingerprint density at radius 1 is 1.13 bits per heavy atom. The van der Waals surface area contributed by atoms with Crippen molar-refractivity contribution in [2.75, 3.05) is 32.0 Å². The minimum atomic E-state index is -3.93. The Kier molecular flexibility index (Phi) is 9.27. The smallest absolute Gasteiger partial charge is 0.407 e. The second-order valence-corrected chi connectivity index (χ2v) is 12.2. The van der Waals surface area contributed by atoms with Crippen LogP contribution in [0.2, 0.25) is 0 Å². The van der Waals surface area contributed by atoms with E-state index in [0.29, 0.717) is 12.3 Å². The number of benzene rings is 2. The Morgan fingerprint density at radius 3 is 2.53 bits per heavy atom. The van der Waals surface area contributed by atoms with Crippen molar-refractivity contribution < 1.29 is 32.5 Å². The highest BCUT2D eigenvalue weighted by molar-refractivity contribution is 7.89. The summed E-state index contributed by atoms with van der Waals surface area (Å²) in [5, 5.41) is 14.1. The van der Waals surface area contributed by atoms with E-state index < -0.39 is 34.4 Å². The summed E-state index contributed by atoms with van der Waals surface area (Å²) in [5.41, 5.74) is 7.07. The van der Waals surface area contributed by atoms with Crippen LogP contribution in [0.25, 0.3) is 0 Å². The number of hydrogen-bond donors (Lipinski definition) is 3.